The smallest absolute Gasteiger partial charge is 0.214 e. The first-order chi connectivity index (χ1) is 15.2. The molecule has 152 valence electrons. The number of aryl methyl sites for hydroxylation is 1. The average Bonchev–Trinajstić information content (AvgIpc) is 3.14. The summed E-state index contributed by atoms with van der Waals surface area (Å²) in [5.41, 5.74) is 5.10. The first-order valence-electron chi connectivity index (χ1n) is 10.0. The van der Waals surface area contributed by atoms with Gasteiger partial charge in [0.1, 0.15) is 5.69 Å². The maximum Gasteiger partial charge on any atom is 0.214 e. The van der Waals surface area contributed by atoms with Crippen molar-refractivity contribution in [3.63, 3.8) is 0 Å². The van der Waals surface area contributed by atoms with Crippen molar-refractivity contribution >= 4 is 26.8 Å². The van der Waals surface area contributed by atoms with Gasteiger partial charge in [-0.15, -0.1) is 0 Å². The van der Waals surface area contributed by atoms with Crippen LogP contribution >= 0.6 is 15.9 Å². The molecule has 2 aromatic heterocycles. The zero-order valence-electron chi connectivity index (χ0n) is 16.9. The zero-order valence-corrected chi connectivity index (χ0v) is 18.5. The van der Waals surface area contributed by atoms with E-state index in [1.165, 1.54) is 0 Å². The fraction of sp³-hybridized carbons (Fsp3) is 0.0769. The van der Waals surface area contributed by atoms with Crippen LogP contribution in [0.5, 0.6) is 5.88 Å². The molecule has 0 spiro atoms. The lowest BCUT2D eigenvalue weighted by Gasteiger charge is -2.19. The molecule has 0 radical (unpaired) electrons. The number of pyridine rings is 1. The van der Waals surface area contributed by atoms with Crippen molar-refractivity contribution in [1.82, 2.24) is 14.8 Å². The molecule has 0 aliphatic heterocycles. The Labute approximate surface area is 189 Å². The van der Waals surface area contributed by atoms with E-state index in [2.05, 4.69) is 57.3 Å². The summed E-state index contributed by atoms with van der Waals surface area (Å²) in [6.07, 6.45) is 1.60. The summed E-state index contributed by atoms with van der Waals surface area (Å²) < 4.78 is 9.26. The van der Waals surface area contributed by atoms with Gasteiger partial charge in [0.05, 0.1) is 5.52 Å². The second-order valence-corrected chi connectivity index (χ2v) is 8.25. The van der Waals surface area contributed by atoms with E-state index >= 15 is 0 Å². The quantitative estimate of drug-likeness (QED) is 0.292. The number of aromatic nitrogens is 3. The van der Waals surface area contributed by atoms with Crippen molar-refractivity contribution in [2.75, 3.05) is 0 Å². The molecule has 0 saturated carbocycles. The highest BCUT2D eigenvalue weighted by Gasteiger charge is 2.17. The van der Waals surface area contributed by atoms with Crippen LogP contribution in [0.1, 0.15) is 17.2 Å². The number of fused-ring (bicyclic) bond motifs is 1. The average molecular weight is 470 g/mol. The third kappa shape index (κ3) is 3.97. The van der Waals surface area contributed by atoms with E-state index in [9.17, 15) is 0 Å². The maximum atomic E-state index is 6.34. The minimum absolute atomic E-state index is 0.228. The first kappa shape index (κ1) is 19.5. The largest absolute Gasteiger partial charge is 0.465 e. The highest BCUT2D eigenvalue weighted by molar-refractivity contribution is 9.10. The normalized spacial score (nSPS) is 11.2. The summed E-state index contributed by atoms with van der Waals surface area (Å²) in [5, 5.41) is 5.79. The number of hydrogen-bond acceptors (Lipinski definition) is 3. The Morgan fingerprint density at radius 1 is 0.839 bits per heavy atom. The first-order valence-corrected chi connectivity index (χ1v) is 10.8. The van der Waals surface area contributed by atoms with Crippen LogP contribution in [-0.4, -0.2) is 14.8 Å². The van der Waals surface area contributed by atoms with Gasteiger partial charge in [-0.3, -0.25) is 4.68 Å². The molecule has 0 unspecified atom stereocenters. The number of nitrogens with zero attached hydrogens (tertiary/aromatic N) is 3. The molecular weight excluding hydrogens is 450 g/mol. The fourth-order valence-electron chi connectivity index (χ4n) is 3.74. The number of benzene rings is 3. The second kappa shape index (κ2) is 8.36. The molecule has 5 rings (SSSR count). The molecule has 0 saturated heterocycles. The van der Waals surface area contributed by atoms with E-state index in [0.717, 1.165) is 37.8 Å². The number of hydrogen-bond donors (Lipinski definition) is 0. The van der Waals surface area contributed by atoms with Gasteiger partial charge in [0.2, 0.25) is 5.88 Å². The van der Waals surface area contributed by atoms with Gasteiger partial charge >= 0.3 is 0 Å². The Hall–Kier alpha value is -3.44. The van der Waals surface area contributed by atoms with Gasteiger partial charge in [0.25, 0.3) is 0 Å². The monoisotopic (exact) mass is 469 g/mol. The Balaban J connectivity index is 1.47. The minimum Gasteiger partial charge on any atom is -0.465 e. The van der Waals surface area contributed by atoms with Gasteiger partial charge in [0, 0.05) is 34.7 Å². The molecule has 0 fully saturated rings. The predicted octanol–water partition coefficient (Wildman–Crippen LogP) is 6.57. The predicted molar refractivity (Wildman–Crippen MR) is 127 cm³/mol. The van der Waals surface area contributed by atoms with Gasteiger partial charge < -0.3 is 4.74 Å². The van der Waals surface area contributed by atoms with E-state index in [4.69, 9.17) is 9.84 Å². The standard InChI is InChI=1S/C26H20BrN3O/c1-30-23-16-21(27)13-14-22(23)25(29-30)20-12-15-24(28-17-20)31-26(18-8-4-2-5-9-18)19-10-6-3-7-11-19/h2-17,26H,1H3. The molecule has 0 aliphatic carbocycles. The molecule has 5 aromatic rings. The van der Waals surface area contributed by atoms with Crippen molar-refractivity contribution in [1.29, 1.82) is 0 Å². The van der Waals surface area contributed by atoms with E-state index in [1.807, 2.05) is 72.5 Å². The van der Waals surface area contributed by atoms with E-state index in [-0.39, 0.29) is 6.10 Å². The third-order valence-corrected chi connectivity index (χ3v) is 5.76. The Kier molecular flexibility index (Phi) is 5.26. The maximum absolute atomic E-state index is 6.34. The summed E-state index contributed by atoms with van der Waals surface area (Å²) >= 11 is 3.53. The number of rotatable bonds is 5. The van der Waals surface area contributed by atoms with E-state index in [1.54, 1.807) is 0 Å². The number of ether oxygens (including phenoxy) is 1. The van der Waals surface area contributed by atoms with Crippen LogP contribution in [0.15, 0.2) is 102 Å². The molecule has 2 heterocycles. The highest BCUT2D eigenvalue weighted by atomic mass is 79.9. The molecular formula is C26H20BrN3O. The van der Waals surface area contributed by atoms with E-state index in [0.29, 0.717) is 5.88 Å². The molecule has 5 heteroatoms. The Morgan fingerprint density at radius 2 is 1.52 bits per heavy atom. The van der Waals surface area contributed by atoms with Crippen LogP contribution in [0.4, 0.5) is 0 Å². The lowest BCUT2D eigenvalue weighted by atomic mass is 10.0. The fourth-order valence-corrected chi connectivity index (χ4v) is 4.09. The molecule has 0 bridgehead atoms. The van der Waals surface area contributed by atoms with Crippen molar-refractivity contribution in [3.8, 4) is 17.1 Å². The van der Waals surface area contributed by atoms with Crippen molar-refractivity contribution in [3.05, 3.63) is 113 Å². The van der Waals surface area contributed by atoms with Crippen LogP contribution in [0, 0.1) is 0 Å². The van der Waals surface area contributed by atoms with Gasteiger partial charge in [-0.25, -0.2) is 4.98 Å². The molecule has 0 aliphatic rings. The summed E-state index contributed by atoms with van der Waals surface area (Å²) in [5.74, 6) is 0.574. The van der Waals surface area contributed by atoms with Crippen molar-refractivity contribution in [2.24, 2.45) is 7.05 Å². The lowest BCUT2D eigenvalue weighted by molar-refractivity contribution is 0.237. The van der Waals surface area contributed by atoms with E-state index < -0.39 is 0 Å². The van der Waals surface area contributed by atoms with Crippen LogP contribution in [0.3, 0.4) is 0 Å². The topological polar surface area (TPSA) is 39.9 Å². The lowest BCUT2D eigenvalue weighted by Crippen LogP contribution is -2.10. The van der Waals surface area contributed by atoms with Crippen LogP contribution in [-0.2, 0) is 7.05 Å². The van der Waals surface area contributed by atoms with Crippen LogP contribution < -0.4 is 4.74 Å². The molecule has 0 N–H and O–H groups in total. The summed E-state index contributed by atoms with van der Waals surface area (Å²) in [6.45, 7) is 0. The summed E-state index contributed by atoms with van der Waals surface area (Å²) in [6, 6.07) is 30.5. The SMILES string of the molecule is Cn1nc(-c2ccc(OC(c3ccccc3)c3ccccc3)nc2)c2ccc(Br)cc21. The third-order valence-electron chi connectivity index (χ3n) is 5.27. The van der Waals surface area contributed by atoms with Gasteiger partial charge in [-0.05, 0) is 35.4 Å². The molecule has 0 atom stereocenters. The molecule has 31 heavy (non-hydrogen) atoms. The number of halogens is 1. The zero-order chi connectivity index (χ0) is 21.2. The van der Waals surface area contributed by atoms with Crippen molar-refractivity contribution < 1.29 is 4.74 Å². The Morgan fingerprint density at radius 3 is 2.13 bits per heavy atom. The summed E-state index contributed by atoms with van der Waals surface area (Å²) in [4.78, 5) is 4.60. The summed E-state index contributed by atoms with van der Waals surface area (Å²) in [7, 11) is 1.95. The van der Waals surface area contributed by atoms with Crippen LogP contribution in [0.25, 0.3) is 22.2 Å². The minimum atomic E-state index is -0.228. The molecule has 0 amide bonds. The molecule has 3 aromatic carbocycles. The highest BCUT2D eigenvalue weighted by Crippen LogP contribution is 2.31. The van der Waals surface area contributed by atoms with Gasteiger partial charge in [0.15, 0.2) is 6.10 Å². The second-order valence-electron chi connectivity index (χ2n) is 7.34. The molecule has 4 nitrogen and oxygen atoms in total. The van der Waals surface area contributed by atoms with Gasteiger partial charge in [-0.1, -0.05) is 76.6 Å². The Bertz CT molecular complexity index is 1280. The van der Waals surface area contributed by atoms with Gasteiger partial charge in [-0.2, -0.15) is 5.10 Å². The van der Waals surface area contributed by atoms with Crippen LogP contribution in [0.2, 0.25) is 0 Å². The van der Waals surface area contributed by atoms with Crippen molar-refractivity contribution in [2.45, 2.75) is 6.10 Å².